The molecule has 36 heteroatoms. The van der Waals surface area contributed by atoms with Crippen LogP contribution in [-0.4, -0.2) is 218 Å². The van der Waals surface area contributed by atoms with Crippen molar-refractivity contribution < 1.29 is 67.4 Å². The summed E-state index contributed by atoms with van der Waals surface area (Å²) in [7, 11) is 0. The number of rotatable bonds is 36. The lowest BCUT2D eigenvalue weighted by Gasteiger charge is -2.32. The number of aliphatic imine (C=N–C) groups is 1. The van der Waals surface area contributed by atoms with Crippen LogP contribution in [-0.2, 0) is 94.6 Å². The summed E-state index contributed by atoms with van der Waals surface area (Å²) >= 11 is 0. The zero-order chi connectivity index (χ0) is 83.8. The molecule has 0 radical (unpaired) electrons. The number of carbonyl (C=O) groups excluding carboxylic acids is 13. The number of para-hydroxylation sites is 1. The van der Waals surface area contributed by atoms with Crippen LogP contribution in [0.3, 0.4) is 0 Å². The molecule has 115 heavy (non-hydrogen) atoms. The van der Waals surface area contributed by atoms with Gasteiger partial charge in [-0.25, -0.2) is 0 Å². The van der Waals surface area contributed by atoms with E-state index in [4.69, 9.17) is 28.7 Å². The van der Waals surface area contributed by atoms with Gasteiger partial charge in [-0.3, -0.25) is 72.0 Å². The van der Waals surface area contributed by atoms with E-state index in [1.165, 1.54) is 15.8 Å². The number of nitrogens with zero attached hydrogens (tertiary/aromatic N) is 5. The number of primary amides is 1. The standard InChI is InChI=1S/C79H116N22O14/c1-45(2)35-58(67(82)104)91-71(108)57-28-16-18-33-100-43-51(98-99-100)40-62(75(112)92-59(36-46(3)4)69(106)87-42-65(103)88-55(70(107)89-57)29-19-32-85-79(83)84)94-72(109)56(27-15-17-31-80)90-76(113)63(44-102)96-73(110)60(38-49-23-11-8-12-24-49)93-74(111)61(39-50-41-86-54-26-14-13-25-52(50)54)95-77(114)64-30-20-34-101(64)78(115)66(47(5)6)97-68(105)53(81)37-48-21-9-7-10-22-48/h7-14,21-26,41,43,45-47,53,55-64,66,86,102H,15-20,27-40,42,44,80-81H2,1-6H3,(H2,82,104)(H,87,106)(H,88,103)(H,89,107)(H,90,113)(H,91,108)(H,92,112)(H,93,111)(H,94,109)(H,95,114)(H,96,110)(H,97,105)(H4,83,84,85)/t53-,55-,56-,57-,58-,59+,60-,61-,62-,63-,64-,66-/m0/s1. The molecule has 2 aliphatic heterocycles. The second-order valence-corrected chi connectivity index (χ2v) is 30.5. The fourth-order valence-corrected chi connectivity index (χ4v) is 13.7. The number of aromatic amines is 1. The zero-order valence-electron chi connectivity index (χ0n) is 66.3. The molecule has 5 aromatic rings. The van der Waals surface area contributed by atoms with Crippen molar-refractivity contribution in [1.29, 1.82) is 0 Å². The van der Waals surface area contributed by atoms with Gasteiger partial charge in [-0.15, -0.1) is 5.10 Å². The van der Waals surface area contributed by atoms with Gasteiger partial charge in [0.1, 0.15) is 66.5 Å². The first-order valence-electron chi connectivity index (χ1n) is 39.5. The molecule has 7 rings (SSSR count). The van der Waals surface area contributed by atoms with E-state index in [1.54, 1.807) is 70.3 Å². The highest BCUT2D eigenvalue weighted by atomic mass is 16.3. The molecular formula is C79H116N22O14. The number of H-pyrrole nitrogens is 1. The number of aromatic nitrogens is 4. The number of nitrogens with two attached hydrogens (primary N) is 5. The van der Waals surface area contributed by atoms with E-state index >= 15 is 4.79 Å². The van der Waals surface area contributed by atoms with Crippen molar-refractivity contribution in [2.75, 3.05) is 32.8 Å². The van der Waals surface area contributed by atoms with Crippen molar-refractivity contribution >= 4 is 93.7 Å². The van der Waals surface area contributed by atoms with E-state index in [0.717, 1.165) is 16.5 Å². The molecule has 0 spiro atoms. The third kappa shape index (κ3) is 28.9. The molecule has 0 aliphatic carbocycles. The Labute approximate surface area is 668 Å². The molecule has 36 nitrogen and oxygen atoms in total. The summed E-state index contributed by atoms with van der Waals surface area (Å²) in [6.45, 7) is 9.58. The number of aryl methyl sites for hydroxylation is 1. The number of likely N-dealkylation sites (tertiary alicyclic amines) is 1. The monoisotopic (exact) mass is 1600 g/mol. The highest BCUT2D eigenvalue weighted by Crippen LogP contribution is 2.24. The molecule has 0 unspecified atom stereocenters. The minimum Gasteiger partial charge on any atom is -0.394 e. The van der Waals surface area contributed by atoms with Crippen LogP contribution in [0.1, 0.15) is 141 Å². The summed E-state index contributed by atoms with van der Waals surface area (Å²) in [5.74, 6) is -11.4. The molecule has 13 amide bonds. The van der Waals surface area contributed by atoms with E-state index in [1.807, 2.05) is 62.4 Å². The third-order valence-corrected chi connectivity index (χ3v) is 19.9. The van der Waals surface area contributed by atoms with Crippen molar-refractivity contribution in [3.63, 3.8) is 0 Å². The number of aliphatic hydroxyl groups is 1. The van der Waals surface area contributed by atoms with Gasteiger partial charge in [0.2, 0.25) is 76.8 Å². The summed E-state index contributed by atoms with van der Waals surface area (Å²) in [6.07, 6.45) is 4.83. The van der Waals surface area contributed by atoms with Crippen molar-refractivity contribution in [3.8, 4) is 0 Å². The average molecular weight is 1600 g/mol. The Bertz CT molecular complexity index is 4130. The van der Waals surface area contributed by atoms with E-state index in [-0.39, 0.29) is 133 Å². The van der Waals surface area contributed by atoms with Crippen LogP contribution in [0, 0.1) is 17.8 Å². The van der Waals surface area contributed by atoms with Crippen molar-refractivity contribution in [2.45, 2.75) is 223 Å². The Balaban J connectivity index is 1.12. The number of carbonyl (C=O) groups is 13. The maximum Gasteiger partial charge on any atom is 0.246 e. The lowest BCUT2D eigenvalue weighted by molar-refractivity contribution is -0.143. The van der Waals surface area contributed by atoms with Crippen LogP contribution >= 0.6 is 0 Å². The minimum absolute atomic E-state index is 0.00609. The van der Waals surface area contributed by atoms with Gasteiger partial charge in [-0.05, 0) is 131 Å². The van der Waals surface area contributed by atoms with Gasteiger partial charge in [0, 0.05) is 62.2 Å². The predicted molar refractivity (Wildman–Crippen MR) is 428 cm³/mol. The summed E-state index contributed by atoms with van der Waals surface area (Å²) in [5, 5.41) is 50.0. The first-order chi connectivity index (χ1) is 54.9. The summed E-state index contributed by atoms with van der Waals surface area (Å²) in [6, 6.07) is 9.12. The minimum atomic E-state index is -1.80. The highest BCUT2D eigenvalue weighted by Gasteiger charge is 2.42. The molecule has 4 heterocycles. The molecule has 0 saturated carbocycles. The summed E-state index contributed by atoms with van der Waals surface area (Å²) in [4.78, 5) is 195. The maximum absolute atomic E-state index is 15.2. The Morgan fingerprint density at radius 3 is 1.92 bits per heavy atom. The van der Waals surface area contributed by atoms with E-state index < -0.39 is 168 Å². The SMILES string of the molecule is CC(C)C[C@H](NC(=O)[C@@H]1CCCCn2cc(nn2)C[C@H](NC(=O)[C@H](CCCCN)NC(=O)[C@H](CO)NC(=O)[C@H](Cc2ccccc2)NC(=O)[C@H](Cc2c[nH]c3ccccc23)NC(=O)[C@@H]2CCCN2C(=O)[C@@H](NC(=O)[C@@H](N)Cc2ccccc2)C(C)C)C(=O)N[C@H](CC(C)C)C(=O)NCC(=O)N[C@@H](CCCN=C(N)N)C(=O)N1)C(N)=O. The van der Waals surface area contributed by atoms with Gasteiger partial charge in [-0.1, -0.05) is 126 Å². The van der Waals surface area contributed by atoms with E-state index in [9.17, 15) is 62.6 Å². The molecule has 1 fully saturated rings. The Kier molecular flexibility index (Phi) is 35.9. The largest absolute Gasteiger partial charge is 0.394 e. The van der Waals surface area contributed by atoms with Crippen LogP contribution < -0.4 is 87.2 Å². The van der Waals surface area contributed by atoms with Gasteiger partial charge in [0.05, 0.1) is 24.9 Å². The van der Waals surface area contributed by atoms with Gasteiger partial charge in [0.15, 0.2) is 5.96 Å². The topological polar surface area (TPSA) is 567 Å². The van der Waals surface area contributed by atoms with Crippen LogP contribution in [0.2, 0.25) is 0 Å². The first-order valence-corrected chi connectivity index (χ1v) is 39.5. The number of hydrogen-bond donors (Lipinski definition) is 18. The van der Waals surface area contributed by atoms with Crippen molar-refractivity contribution in [2.24, 2.45) is 51.4 Å². The van der Waals surface area contributed by atoms with Gasteiger partial charge in [0.25, 0.3) is 0 Å². The fourth-order valence-electron chi connectivity index (χ4n) is 13.7. The van der Waals surface area contributed by atoms with Gasteiger partial charge >= 0.3 is 0 Å². The van der Waals surface area contributed by atoms with Crippen LogP contribution in [0.25, 0.3) is 10.9 Å². The number of guanidine groups is 1. The first kappa shape index (κ1) is 90.8. The number of aliphatic hydroxyl groups excluding tert-OH is 1. The quantitative estimate of drug-likeness (QED) is 0.0116. The third-order valence-electron chi connectivity index (χ3n) is 19.9. The van der Waals surface area contributed by atoms with E-state index in [0.29, 0.717) is 30.4 Å². The number of nitrogens with one attached hydrogen (secondary N) is 12. The molecule has 3 aromatic carbocycles. The predicted octanol–water partition coefficient (Wildman–Crippen LogP) is -2.10. The molecular weight excluding hydrogens is 1480 g/mol. The lowest BCUT2D eigenvalue weighted by atomic mass is 10.00. The van der Waals surface area contributed by atoms with Crippen LogP contribution in [0.4, 0.5) is 0 Å². The molecule has 626 valence electrons. The Morgan fingerprint density at radius 1 is 0.626 bits per heavy atom. The average Bonchev–Trinajstić information content (AvgIpc) is 1.71. The summed E-state index contributed by atoms with van der Waals surface area (Å²) < 4.78 is 1.46. The number of benzene rings is 3. The Morgan fingerprint density at radius 2 is 1.27 bits per heavy atom. The smallest absolute Gasteiger partial charge is 0.246 e. The summed E-state index contributed by atoms with van der Waals surface area (Å²) in [5.41, 5.74) is 32.0. The maximum atomic E-state index is 15.2. The second-order valence-electron chi connectivity index (χ2n) is 30.5. The number of fused-ring (bicyclic) bond motifs is 3. The van der Waals surface area contributed by atoms with Gasteiger partial charge in [-0.2, -0.15) is 0 Å². The molecule has 23 N–H and O–H groups in total. The highest BCUT2D eigenvalue weighted by molar-refractivity contribution is 6.00. The van der Waals surface area contributed by atoms with Gasteiger partial charge < -0.3 is 102 Å². The number of unbranched alkanes of at least 4 members (excludes halogenated alkanes) is 1. The zero-order valence-corrected chi connectivity index (χ0v) is 66.3. The second kappa shape index (κ2) is 45.5. The number of hydrogen-bond acceptors (Lipinski definition) is 19. The molecule has 2 bridgehead atoms. The normalized spacial score (nSPS) is 19.1. The molecule has 12 atom stereocenters. The molecule has 1 saturated heterocycles. The van der Waals surface area contributed by atoms with Crippen LogP contribution in [0.5, 0.6) is 0 Å². The lowest BCUT2D eigenvalue weighted by Crippen LogP contribution is -2.61. The molecule has 2 aliphatic rings. The molecule has 2 aromatic heterocycles. The Hall–Kier alpha value is -11.4. The fraction of sp³-hybridized carbons (Fsp3) is 0.544. The van der Waals surface area contributed by atoms with Crippen molar-refractivity contribution in [3.05, 3.63) is 120 Å². The number of amides is 13. The van der Waals surface area contributed by atoms with Crippen LogP contribution in [0.15, 0.2) is 102 Å². The van der Waals surface area contributed by atoms with Crippen molar-refractivity contribution in [1.82, 2.24) is 83.4 Å². The van der Waals surface area contributed by atoms with E-state index in [2.05, 4.69) is 78.8 Å².